The summed E-state index contributed by atoms with van der Waals surface area (Å²) in [6.07, 6.45) is 1.72. The van der Waals surface area contributed by atoms with Crippen LogP contribution >= 0.6 is 0 Å². The predicted octanol–water partition coefficient (Wildman–Crippen LogP) is 3.54. The minimum absolute atomic E-state index is 0.0767. The molecule has 0 bridgehead atoms. The number of amides is 1. The highest BCUT2D eigenvalue weighted by Crippen LogP contribution is 2.32. The number of methoxy groups -OCH3 is 2. The number of benzene rings is 2. The molecular weight excluding hydrogens is 335 g/mol. The molecule has 1 aliphatic rings. The van der Waals surface area contributed by atoms with Crippen molar-refractivity contribution in [2.45, 2.75) is 19.8 Å². The molecule has 1 heterocycles. The lowest BCUT2D eigenvalue weighted by molar-refractivity contribution is -0.115. The Morgan fingerprint density at radius 1 is 1.23 bits per heavy atom. The van der Waals surface area contributed by atoms with E-state index in [1.165, 1.54) is 13.2 Å². The summed E-state index contributed by atoms with van der Waals surface area (Å²) in [6, 6.07) is 8.69. The molecule has 6 heteroatoms. The molecule has 138 valence electrons. The van der Waals surface area contributed by atoms with Gasteiger partial charge >= 0.3 is 0 Å². The number of nitrogens with one attached hydrogen (secondary N) is 1. The van der Waals surface area contributed by atoms with Crippen LogP contribution in [0.3, 0.4) is 0 Å². The SMILES string of the molecule is COc1ccc(OC)c(NC(=O)CN2CCCc3cc(C)cc(F)c32)c1. The largest absolute Gasteiger partial charge is 0.497 e. The van der Waals surface area contributed by atoms with E-state index >= 15 is 0 Å². The lowest BCUT2D eigenvalue weighted by Crippen LogP contribution is -2.37. The van der Waals surface area contributed by atoms with E-state index in [0.717, 1.165) is 24.0 Å². The van der Waals surface area contributed by atoms with Crippen molar-refractivity contribution < 1.29 is 18.7 Å². The Balaban J connectivity index is 1.78. The molecule has 26 heavy (non-hydrogen) atoms. The van der Waals surface area contributed by atoms with Crippen molar-refractivity contribution in [2.75, 3.05) is 37.5 Å². The minimum atomic E-state index is -0.272. The molecule has 0 saturated carbocycles. The summed E-state index contributed by atoms with van der Waals surface area (Å²) in [5.41, 5.74) is 2.92. The predicted molar refractivity (Wildman–Crippen MR) is 99.8 cm³/mol. The number of carbonyl (C=O) groups is 1. The van der Waals surface area contributed by atoms with Crippen LogP contribution in [0.15, 0.2) is 30.3 Å². The quantitative estimate of drug-likeness (QED) is 0.888. The van der Waals surface area contributed by atoms with Gasteiger partial charge in [-0.25, -0.2) is 4.39 Å². The van der Waals surface area contributed by atoms with Crippen LogP contribution in [-0.2, 0) is 11.2 Å². The summed E-state index contributed by atoms with van der Waals surface area (Å²) in [7, 11) is 3.10. The second-order valence-corrected chi connectivity index (χ2v) is 6.39. The van der Waals surface area contributed by atoms with Crippen molar-refractivity contribution in [1.29, 1.82) is 0 Å². The zero-order valence-electron chi connectivity index (χ0n) is 15.3. The second-order valence-electron chi connectivity index (χ2n) is 6.39. The molecule has 1 N–H and O–H groups in total. The maximum atomic E-state index is 14.5. The van der Waals surface area contributed by atoms with Gasteiger partial charge in [0.05, 0.1) is 32.1 Å². The maximum Gasteiger partial charge on any atom is 0.243 e. The molecule has 0 radical (unpaired) electrons. The lowest BCUT2D eigenvalue weighted by atomic mass is 9.99. The number of anilines is 2. The zero-order chi connectivity index (χ0) is 18.7. The van der Waals surface area contributed by atoms with Crippen molar-refractivity contribution >= 4 is 17.3 Å². The third-order valence-electron chi connectivity index (χ3n) is 4.49. The van der Waals surface area contributed by atoms with E-state index in [1.807, 2.05) is 13.0 Å². The molecule has 0 saturated heterocycles. The molecule has 1 aliphatic heterocycles. The Hall–Kier alpha value is -2.76. The smallest absolute Gasteiger partial charge is 0.243 e. The second kappa shape index (κ2) is 7.64. The third kappa shape index (κ3) is 3.74. The van der Waals surface area contributed by atoms with Crippen LogP contribution in [0.25, 0.3) is 0 Å². The van der Waals surface area contributed by atoms with E-state index in [-0.39, 0.29) is 18.3 Å². The molecule has 5 nitrogen and oxygen atoms in total. The minimum Gasteiger partial charge on any atom is -0.497 e. The van der Waals surface area contributed by atoms with E-state index in [1.54, 1.807) is 30.2 Å². The van der Waals surface area contributed by atoms with E-state index < -0.39 is 0 Å². The first-order valence-corrected chi connectivity index (χ1v) is 8.57. The van der Waals surface area contributed by atoms with Crippen LogP contribution < -0.4 is 19.7 Å². The van der Waals surface area contributed by atoms with Gasteiger partial charge in [0.25, 0.3) is 0 Å². The van der Waals surface area contributed by atoms with Crippen LogP contribution in [-0.4, -0.2) is 33.2 Å². The van der Waals surface area contributed by atoms with Gasteiger partial charge in [-0.3, -0.25) is 4.79 Å². The van der Waals surface area contributed by atoms with Crippen molar-refractivity contribution in [2.24, 2.45) is 0 Å². The molecule has 2 aromatic rings. The van der Waals surface area contributed by atoms with Crippen LogP contribution in [0.5, 0.6) is 11.5 Å². The fourth-order valence-corrected chi connectivity index (χ4v) is 3.36. The summed E-state index contributed by atoms with van der Waals surface area (Å²) in [5.74, 6) is 0.654. The molecule has 0 aromatic heterocycles. The molecule has 2 aromatic carbocycles. The van der Waals surface area contributed by atoms with Gasteiger partial charge in [0.2, 0.25) is 5.91 Å². The van der Waals surface area contributed by atoms with E-state index in [4.69, 9.17) is 9.47 Å². The average molecular weight is 358 g/mol. The number of aryl methyl sites for hydroxylation is 2. The maximum absolute atomic E-state index is 14.5. The Morgan fingerprint density at radius 2 is 2.04 bits per heavy atom. The summed E-state index contributed by atoms with van der Waals surface area (Å²) in [5, 5.41) is 2.84. The topological polar surface area (TPSA) is 50.8 Å². The first-order chi connectivity index (χ1) is 12.5. The molecule has 0 fully saturated rings. The molecule has 3 rings (SSSR count). The summed E-state index contributed by atoms with van der Waals surface area (Å²) >= 11 is 0. The first kappa shape index (κ1) is 18.0. The zero-order valence-corrected chi connectivity index (χ0v) is 15.3. The molecular formula is C20H23FN2O3. The number of hydrogen-bond donors (Lipinski definition) is 1. The molecule has 0 unspecified atom stereocenters. The first-order valence-electron chi connectivity index (χ1n) is 8.57. The number of halogens is 1. The van der Waals surface area contributed by atoms with Gasteiger partial charge in [0, 0.05) is 12.6 Å². The summed E-state index contributed by atoms with van der Waals surface area (Å²) in [4.78, 5) is 14.4. The van der Waals surface area contributed by atoms with E-state index in [9.17, 15) is 9.18 Å². The van der Waals surface area contributed by atoms with Crippen LogP contribution in [0, 0.1) is 12.7 Å². The Kier molecular flexibility index (Phi) is 5.30. The fraction of sp³-hybridized carbons (Fsp3) is 0.350. The van der Waals surface area contributed by atoms with E-state index in [2.05, 4.69) is 5.32 Å². The number of carbonyl (C=O) groups excluding carboxylic acids is 1. The Bertz CT molecular complexity index is 823. The van der Waals surface area contributed by atoms with Crippen molar-refractivity contribution in [1.82, 2.24) is 0 Å². The van der Waals surface area contributed by atoms with E-state index in [0.29, 0.717) is 29.4 Å². The van der Waals surface area contributed by atoms with Gasteiger partial charge in [-0.05, 0) is 49.1 Å². The summed E-state index contributed by atoms with van der Waals surface area (Å²) in [6.45, 7) is 2.60. The summed E-state index contributed by atoms with van der Waals surface area (Å²) < 4.78 is 24.9. The number of fused-ring (bicyclic) bond motifs is 1. The van der Waals surface area contributed by atoms with Gasteiger partial charge in [0.1, 0.15) is 17.3 Å². The third-order valence-corrected chi connectivity index (χ3v) is 4.49. The average Bonchev–Trinajstić information content (AvgIpc) is 2.61. The van der Waals surface area contributed by atoms with Gasteiger partial charge in [0.15, 0.2) is 0 Å². The lowest BCUT2D eigenvalue weighted by Gasteiger charge is -2.31. The number of nitrogens with zero attached hydrogens (tertiary/aromatic N) is 1. The fourth-order valence-electron chi connectivity index (χ4n) is 3.36. The standard InChI is InChI=1S/C20H23FN2O3/c1-13-9-14-5-4-8-23(20(14)16(21)10-13)12-19(24)22-17-11-15(25-2)6-7-18(17)26-3/h6-7,9-11H,4-5,8,12H2,1-3H3,(H,22,24). The Labute approximate surface area is 152 Å². The van der Waals surface area contributed by atoms with Crippen molar-refractivity contribution in [3.63, 3.8) is 0 Å². The highest BCUT2D eigenvalue weighted by Gasteiger charge is 2.23. The highest BCUT2D eigenvalue weighted by atomic mass is 19.1. The van der Waals surface area contributed by atoms with Gasteiger partial charge in [-0.2, -0.15) is 0 Å². The number of rotatable bonds is 5. The molecule has 0 aliphatic carbocycles. The molecule has 1 amide bonds. The van der Waals surface area contributed by atoms with Gasteiger partial charge in [-0.1, -0.05) is 6.07 Å². The number of ether oxygens (including phenoxy) is 2. The Morgan fingerprint density at radius 3 is 2.77 bits per heavy atom. The van der Waals surface area contributed by atoms with Crippen molar-refractivity contribution in [3.8, 4) is 11.5 Å². The van der Waals surface area contributed by atoms with Crippen LogP contribution in [0.1, 0.15) is 17.5 Å². The molecule has 0 atom stereocenters. The van der Waals surface area contributed by atoms with Crippen LogP contribution in [0.4, 0.5) is 15.8 Å². The monoisotopic (exact) mass is 358 g/mol. The van der Waals surface area contributed by atoms with Gasteiger partial charge in [-0.15, -0.1) is 0 Å². The number of hydrogen-bond acceptors (Lipinski definition) is 4. The van der Waals surface area contributed by atoms with Crippen LogP contribution in [0.2, 0.25) is 0 Å². The van der Waals surface area contributed by atoms with Crippen molar-refractivity contribution in [3.05, 3.63) is 47.3 Å². The van der Waals surface area contributed by atoms with Gasteiger partial charge < -0.3 is 19.7 Å². The molecule has 0 spiro atoms. The normalized spacial score (nSPS) is 13.2. The highest BCUT2D eigenvalue weighted by molar-refractivity contribution is 5.95.